The number of halogens is 1. The van der Waals surface area contributed by atoms with E-state index in [9.17, 15) is 14.4 Å². The van der Waals surface area contributed by atoms with Crippen molar-refractivity contribution < 1.29 is 13.9 Å². The van der Waals surface area contributed by atoms with Gasteiger partial charge in [-0.2, -0.15) is 5.26 Å². The van der Waals surface area contributed by atoms with Crippen molar-refractivity contribution in [1.82, 2.24) is 5.32 Å². The summed E-state index contributed by atoms with van der Waals surface area (Å²) in [4.78, 5) is 17.2. The van der Waals surface area contributed by atoms with Crippen LogP contribution in [0.2, 0.25) is 0 Å². The number of amides is 1. The summed E-state index contributed by atoms with van der Waals surface area (Å²) in [5.41, 5.74) is 2.63. The largest absolute Gasteiger partial charge is 0.488 e. The number of carbonyl (C=O) groups is 1. The zero-order valence-electron chi connectivity index (χ0n) is 16.2. The molecule has 1 amide bonds. The normalized spacial score (nSPS) is 15.7. The van der Waals surface area contributed by atoms with Crippen LogP contribution in [0.5, 0.6) is 5.75 Å². The Hall–Kier alpha value is -3.89. The molecule has 3 aromatic rings. The van der Waals surface area contributed by atoms with Crippen molar-refractivity contribution in [3.05, 3.63) is 100 Å². The molecule has 0 aliphatic carbocycles. The Kier molecular flexibility index (Phi) is 6.11. The van der Waals surface area contributed by atoms with Crippen molar-refractivity contribution in [1.29, 1.82) is 5.26 Å². The molecule has 152 valence electrons. The van der Waals surface area contributed by atoms with Crippen molar-refractivity contribution in [3.63, 3.8) is 0 Å². The second-order valence-electron chi connectivity index (χ2n) is 6.55. The molecular formula is C24H16FN3O2S. The second kappa shape index (κ2) is 9.28. The quantitative estimate of drug-likeness (QED) is 0.568. The minimum absolute atomic E-state index is 0.237. The first-order valence-corrected chi connectivity index (χ1v) is 10.2. The smallest absolute Gasteiger partial charge is 0.264 e. The molecule has 0 spiro atoms. The molecule has 0 radical (unpaired) electrons. The minimum atomic E-state index is -0.346. The van der Waals surface area contributed by atoms with Crippen LogP contribution < -0.4 is 10.1 Å². The van der Waals surface area contributed by atoms with Gasteiger partial charge in [-0.3, -0.25) is 4.79 Å². The van der Waals surface area contributed by atoms with Gasteiger partial charge >= 0.3 is 0 Å². The first kappa shape index (κ1) is 20.4. The van der Waals surface area contributed by atoms with Crippen LogP contribution in [-0.2, 0) is 11.4 Å². The Morgan fingerprint density at radius 2 is 1.81 bits per heavy atom. The number of ether oxygens (including phenoxy) is 1. The second-order valence-corrected chi connectivity index (χ2v) is 7.58. The molecule has 31 heavy (non-hydrogen) atoms. The zero-order chi connectivity index (χ0) is 21.6. The molecule has 7 heteroatoms. The van der Waals surface area contributed by atoms with Crippen LogP contribution in [0.15, 0.2) is 82.7 Å². The lowest BCUT2D eigenvalue weighted by Gasteiger charge is -2.10. The fourth-order valence-electron chi connectivity index (χ4n) is 2.90. The Balaban J connectivity index is 1.53. The highest BCUT2D eigenvalue weighted by molar-refractivity contribution is 8.18. The average molecular weight is 429 g/mol. The SMILES string of the molecule is N#Cc1ccccc1COc1ccccc1C=C1SC(=Nc2ccc(F)cc2)NC1=O. The minimum Gasteiger partial charge on any atom is -0.488 e. The summed E-state index contributed by atoms with van der Waals surface area (Å²) in [6.07, 6.45) is 1.73. The van der Waals surface area contributed by atoms with E-state index >= 15 is 0 Å². The van der Waals surface area contributed by atoms with Crippen molar-refractivity contribution in [2.45, 2.75) is 6.61 Å². The third-order valence-electron chi connectivity index (χ3n) is 4.43. The van der Waals surface area contributed by atoms with Gasteiger partial charge in [-0.25, -0.2) is 9.38 Å². The maximum absolute atomic E-state index is 13.1. The van der Waals surface area contributed by atoms with Gasteiger partial charge in [-0.1, -0.05) is 36.4 Å². The predicted octanol–water partition coefficient (Wildman–Crippen LogP) is 5.17. The van der Waals surface area contributed by atoms with E-state index in [0.29, 0.717) is 27.1 Å². The van der Waals surface area contributed by atoms with E-state index in [0.717, 1.165) is 11.1 Å². The number of amidine groups is 1. The van der Waals surface area contributed by atoms with Crippen molar-refractivity contribution in [2.75, 3.05) is 0 Å². The van der Waals surface area contributed by atoms with Crippen LogP contribution in [0.25, 0.3) is 6.08 Å². The van der Waals surface area contributed by atoms with Gasteiger partial charge in [-0.15, -0.1) is 0 Å². The number of nitriles is 1. The lowest BCUT2D eigenvalue weighted by molar-refractivity contribution is -0.115. The van der Waals surface area contributed by atoms with Gasteiger partial charge in [-0.05, 0) is 54.2 Å². The summed E-state index contributed by atoms with van der Waals surface area (Å²) in [7, 11) is 0. The number of hydrogen-bond donors (Lipinski definition) is 1. The predicted molar refractivity (Wildman–Crippen MR) is 119 cm³/mol. The van der Waals surface area contributed by atoms with Gasteiger partial charge in [0.2, 0.25) is 0 Å². The van der Waals surface area contributed by atoms with Crippen LogP contribution in [0.4, 0.5) is 10.1 Å². The summed E-state index contributed by atoms with van der Waals surface area (Å²) in [6.45, 7) is 0.237. The number of nitrogens with one attached hydrogen (secondary N) is 1. The van der Waals surface area contributed by atoms with Crippen LogP contribution in [0.3, 0.4) is 0 Å². The maximum Gasteiger partial charge on any atom is 0.264 e. The molecule has 1 aliphatic rings. The molecule has 0 unspecified atom stereocenters. The number of carbonyl (C=O) groups excluding carboxylic acids is 1. The number of aliphatic imine (C=N–C) groups is 1. The van der Waals surface area contributed by atoms with Gasteiger partial charge in [0, 0.05) is 11.1 Å². The Bertz CT molecular complexity index is 1230. The number of hydrogen-bond acceptors (Lipinski definition) is 5. The molecule has 1 fully saturated rings. The standard InChI is InChI=1S/C24H16FN3O2S/c25-19-9-11-20(12-10-19)27-24-28-23(29)22(31-24)13-16-5-3-4-8-21(16)30-15-18-7-2-1-6-17(18)14-26/h1-13H,15H2,(H,27,28,29). The van der Waals surface area contributed by atoms with Gasteiger partial charge in [0.05, 0.1) is 22.2 Å². The van der Waals surface area contributed by atoms with E-state index in [-0.39, 0.29) is 18.3 Å². The highest BCUT2D eigenvalue weighted by Gasteiger charge is 2.24. The van der Waals surface area contributed by atoms with Gasteiger partial charge in [0.25, 0.3) is 5.91 Å². The molecule has 0 bridgehead atoms. The summed E-state index contributed by atoms with van der Waals surface area (Å²) >= 11 is 1.20. The van der Waals surface area contributed by atoms with E-state index in [1.54, 1.807) is 30.3 Å². The van der Waals surface area contributed by atoms with E-state index < -0.39 is 0 Å². The van der Waals surface area contributed by atoms with Gasteiger partial charge in [0.1, 0.15) is 18.2 Å². The van der Waals surface area contributed by atoms with E-state index in [4.69, 9.17) is 4.74 Å². The van der Waals surface area contributed by atoms with Gasteiger partial charge < -0.3 is 10.1 Å². The molecule has 4 rings (SSSR count). The third kappa shape index (κ3) is 5.00. The Morgan fingerprint density at radius 1 is 1.06 bits per heavy atom. The number of para-hydroxylation sites is 1. The van der Waals surface area contributed by atoms with Crippen molar-refractivity contribution in [2.24, 2.45) is 4.99 Å². The van der Waals surface area contributed by atoms with Crippen LogP contribution in [-0.4, -0.2) is 11.1 Å². The van der Waals surface area contributed by atoms with Crippen LogP contribution >= 0.6 is 11.8 Å². The third-order valence-corrected chi connectivity index (χ3v) is 5.34. The molecule has 5 nitrogen and oxygen atoms in total. The monoisotopic (exact) mass is 429 g/mol. The molecule has 0 atom stereocenters. The fourth-order valence-corrected chi connectivity index (χ4v) is 3.73. The average Bonchev–Trinajstić information content (AvgIpc) is 3.13. The topological polar surface area (TPSA) is 74.5 Å². The molecule has 0 aromatic heterocycles. The van der Waals surface area contributed by atoms with E-state index in [1.807, 2.05) is 36.4 Å². The van der Waals surface area contributed by atoms with E-state index in [2.05, 4.69) is 16.4 Å². The van der Waals surface area contributed by atoms with E-state index in [1.165, 1.54) is 23.9 Å². The number of thioether (sulfide) groups is 1. The fraction of sp³-hybridized carbons (Fsp3) is 0.0417. The molecule has 1 N–H and O–H groups in total. The summed E-state index contributed by atoms with van der Waals surface area (Å²) in [6, 6.07) is 22.5. The first-order chi connectivity index (χ1) is 15.1. The number of benzene rings is 3. The van der Waals surface area contributed by atoms with Crippen molar-refractivity contribution >= 4 is 34.6 Å². The van der Waals surface area contributed by atoms with Crippen molar-refractivity contribution in [3.8, 4) is 11.8 Å². The Morgan fingerprint density at radius 3 is 2.61 bits per heavy atom. The molecule has 1 heterocycles. The molecule has 1 aliphatic heterocycles. The number of rotatable bonds is 5. The highest BCUT2D eigenvalue weighted by Crippen LogP contribution is 2.31. The lowest BCUT2D eigenvalue weighted by atomic mass is 10.1. The van der Waals surface area contributed by atoms with Crippen LogP contribution in [0, 0.1) is 17.1 Å². The first-order valence-electron chi connectivity index (χ1n) is 9.37. The maximum atomic E-state index is 13.1. The zero-order valence-corrected chi connectivity index (χ0v) is 17.0. The lowest BCUT2D eigenvalue weighted by Crippen LogP contribution is -2.19. The molecule has 1 saturated heterocycles. The molecular weight excluding hydrogens is 413 g/mol. The summed E-state index contributed by atoms with van der Waals surface area (Å²) in [5.74, 6) is -0.0165. The Labute approximate surface area is 182 Å². The molecule has 0 saturated carbocycles. The summed E-state index contributed by atoms with van der Waals surface area (Å²) in [5, 5.41) is 12.4. The number of nitrogens with zero attached hydrogens (tertiary/aromatic N) is 2. The highest BCUT2D eigenvalue weighted by atomic mass is 32.2. The summed E-state index contributed by atoms with van der Waals surface area (Å²) < 4.78 is 19.0. The van der Waals surface area contributed by atoms with Crippen LogP contribution in [0.1, 0.15) is 16.7 Å². The molecule has 3 aromatic carbocycles. The van der Waals surface area contributed by atoms with Gasteiger partial charge in [0.15, 0.2) is 5.17 Å².